The van der Waals surface area contributed by atoms with Crippen molar-refractivity contribution in [2.24, 2.45) is 5.92 Å². The number of ether oxygens (including phenoxy) is 1. The average Bonchev–Trinajstić information content (AvgIpc) is 2.76. The van der Waals surface area contributed by atoms with E-state index in [2.05, 4.69) is 36.9 Å². The van der Waals surface area contributed by atoms with E-state index in [1.807, 2.05) is 12.1 Å². The maximum absolute atomic E-state index is 5.96. The van der Waals surface area contributed by atoms with E-state index in [0.717, 1.165) is 25.4 Å². The van der Waals surface area contributed by atoms with Crippen LogP contribution < -0.4 is 5.73 Å². The Kier molecular flexibility index (Phi) is 4.77. The molecule has 1 heterocycles. The SMILES string of the molecule is CSc1cc(N)cc2c1ccn2CCOCC(C)C. The van der Waals surface area contributed by atoms with Crippen molar-refractivity contribution in [3.05, 3.63) is 24.4 Å². The Bertz CT molecular complexity index is 548. The van der Waals surface area contributed by atoms with E-state index in [-0.39, 0.29) is 0 Å². The number of thioether (sulfide) groups is 1. The van der Waals surface area contributed by atoms with Crippen LogP contribution in [0.5, 0.6) is 0 Å². The monoisotopic (exact) mass is 278 g/mol. The smallest absolute Gasteiger partial charge is 0.0645 e. The number of benzene rings is 1. The third-order valence-corrected chi connectivity index (χ3v) is 3.80. The molecule has 3 nitrogen and oxygen atoms in total. The molecule has 0 spiro atoms. The Morgan fingerprint density at radius 1 is 1.37 bits per heavy atom. The van der Waals surface area contributed by atoms with Crippen LogP contribution in [0.2, 0.25) is 0 Å². The fourth-order valence-electron chi connectivity index (χ4n) is 2.13. The summed E-state index contributed by atoms with van der Waals surface area (Å²) in [6.45, 7) is 6.75. The largest absolute Gasteiger partial charge is 0.399 e. The molecular formula is C15H22N2OS. The van der Waals surface area contributed by atoms with Crippen molar-refractivity contribution in [3.8, 4) is 0 Å². The molecule has 2 N–H and O–H groups in total. The first-order chi connectivity index (χ1) is 9.11. The topological polar surface area (TPSA) is 40.2 Å². The van der Waals surface area contributed by atoms with Crippen LogP contribution in [0, 0.1) is 5.92 Å². The van der Waals surface area contributed by atoms with Gasteiger partial charge in [0, 0.05) is 35.3 Å². The van der Waals surface area contributed by atoms with Gasteiger partial charge in [-0.05, 0) is 30.4 Å². The molecule has 1 aromatic carbocycles. The molecule has 4 heteroatoms. The number of nitrogens with zero attached hydrogens (tertiary/aromatic N) is 1. The Morgan fingerprint density at radius 2 is 2.16 bits per heavy atom. The van der Waals surface area contributed by atoms with Crippen molar-refractivity contribution >= 4 is 28.4 Å². The van der Waals surface area contributed by atoms with Crippen molar-refractivity contribution < 1.29 is 4.74 Å². The highest BCUT2D eigenvalue weighted by Crippen LogP contribution is 2.29. The summed E-state index contributed by atoms with van der Waals surface area (Å²) in [5, 5.41) is 1.27. The van der Waals surface area contributed by atoms with E-state index in [9.17, 15) is 0 Å². The molecule has 0 saturated heterocycles. The van der Waals surface area contributed by atoms with Gasteiger partial charge in [0.05, 0.1) is 12.1 Å². The van der Waals surface area contributed by atoms with Crippen LogP contribution in [-0.2, 0) is 11.3 Å². The molecule has 0 aliphatic carbocycles. The zero-order valence-corrected chi connectivity index (χ0v) is 12.7. The van der Waals surface area contributed by atoms with Gasteiger partial charge in [-0.3, -0.25) is 0 Å². The standard InChI is InChI=1S/C15H22N2OS/c1-11(2)10-18-7-6-17-5-4-13-14(17)8-12(16)9-15(13)19-3/h4-5,8-9,11H,6-7,10,16H2,1-3H3. The van der Waals surface area contributed by atoms with Gasteiger partial charge in [0.15, 0.2) is 0 Å². The van der Waals surface area contributed by atoms with Gasteiger partial charge in [-0.25, -0.2) is 0 Å². The second-order valence-electron chi connectivity index (χ2n) is 5.13. The quantitative estimate of drug-likeness (QED) is 0.498. The van der Waals surface area contributed by atoms with Crippen LogP contribution in [0.25, 0.3) is 10.9 Å². The van der Waals surface area contributed by atoms with Gasteiger partial charge < -0.3 is 15.0 Å². The zero-order valence-electron chi connectivity index (χ0n) is 11.8. The third kappa shape index (κ3) is 3.45. The van der Waals surface area contributed by atoms with Crippen LogP contribution in [0.4, 0.5) is 5.69 Å². The average molecular weight is 278 g/mol. The second kappa shape index (κ2) is 6.35. The highest BCUT2D eigenvalue weighted by Gasteiger charge is 2.07. The highest BCUT2D eigenvalue weighted by molar-refractivity contribution is 7.98. The summed E-state index contributed by atoms with van der Waals surface area (Å²) in [6, 6.07) is 6.23. The van der Waals surface area contributed by atoms with E-state index < -0.39 is 0 Å². The summed E-state index contributed by atoms with van der Waals surface area (Å²) in [7, 11) is 0. The lowest BCUT2D eigenvalue weighted by molar-refractivity contribution is 0.104. The molecule has 0 bridgehead atoms. The molecule has 2 aromatic rings. The molecule has 0 atom stereocenters. The van der Waals surface area contributed by atoms with Gasteiger partial charge in [-0.15, -0.1) is 11.8 Å². The number of anilines is 1. The molecule has 0 unspecified atom stereocenters. The summed E-state index contributed by atoms with van der Waals surface area (Å²) >= 11 is 1.73. The van der Waals surface area contributed by atoms with Crippen LogP contribution in [0.15, 0.2) is 29.3 Å². The van der Waals surface area contributed by atoms with Gasteiger partial charge in [-0.1, -0.05) is 13.8 Å². The molecule has 0 aliphatic rings. The zero-order chi connectivity index (χ0) is 13.8. The Morgan fingerprint density at radius 3 is 2.84 bits per heavy atom. The summed E-state index contributed by atoms with van der Waals surface area (Å²) in [5.74, 6) is 0.583. The number of aromatic nitrogens is 1. The normalized spacial score (nSPS) is 11.6. The molecule has 104 valence electrons. The molecule has 0 radical (unpaired) electrons. The molecule has 2 rings (SSSR count). The first-order valence-corrected chi connectivity index (χ1v) is 7.84. The maximum atomic E-state index is 5.96. The lowest BCUT2D eigenvalue weighted by Gasteiger charge is -2.09. The first-order valence-electron chi connectivity index (χ1n) is 6.62. The fraction of sp³-hybridized carbons (Fsp3) is 0.467. The Labute approximate surface area is 119 Å². The van der Waals surface area contributed by atoms with Crippen LogP contribution in [0.1, 0.15) is 13.8 Å². The van der Waals surface area contributed by atoms with Crippen LogP contribution in [0.3, 0.4) is 0 Å². The van der Waals surface area contributed by atoms with E-state index in [1.54, 1.807) is 11.8 Å². The lowest BCUT2D eigenvalue weighted by Crippen LogP contribution is -2.08. The number of hydrogen-bond acceptors (Lipinski definition) is 3. The Hall–Kier alpha value is -1.13. The van der Waals surface area contributed by atoms with Crippen molar-refractivity contribution in [1.29, 1.82) is 0 Å². The van der Waals surface area contributed by atoms with Crippen LogP contribution in [-0.4, -0.2) is 24.0 Å². The lowest BCUT2D eigenvalue weighted by atomic mass is 10.2. The summed E-state index contributed by atoms with van der Waals surface area (Å²) in [4.78, 5) is 1.23. The highest BCUT2D eigenvalue weighted by atomic mass is 32.2. The summed E-state index contributed by atoms with van der Waals surface area (Å²) in [6.07, 6.45) is 4.19. The molecule has 0 aliphatic heterocycles. The van der Waals surface area contributed by atoms with E-state index >= 15 is 0 Å². The van der Waals surface area contributed by atoms with Crippen molar-refractivity contribution in [2.45, 2.75) is 25.3 Å². The van der Waals surface area contributed by atoms with Gasteiger partial charge in [0.1, 0.15) is 0 Å². The van der Waals surface area contributed by atoms with Gasteiger partial charge in [-0.2, -0.15) is 0 Å². The molecule has 0 fully saturated rings. The molecule has 19 heavy (non-hydrogen) atoms. The second-order valence-corrected chi connectivity index (χ2v) is 5.98. The number of nitrogens with two attached hydrogens (primary N) is 1. The number of rotatable bonds is 6. The molecule has 1 aromatic heterocycles. The maximum Gasteiger partial charge on any atom is 0.0645 e. The minimum absolute atomic E-state index is 0.583. The van der Waals surface area contributed by atoms with Crippen molar-refractivity contribution in [2.75, 3.05) is 25.2 Å². The number of fused-ring (bicyclic) bond motifs is 1. The predicted molar refractivity (Wildman–Crippen MR) is 83.8 cm³/mol. The van der Waals surface area contributed by atoms with E-state index in [4.69, 9.17) is 10.5 Å². The Balaban J connectivity index is 2.13. The minimum atomic E-state index is 0.583. The van der Waals surface area contributed by atoms with Gasteiger partial charge in [0.25, 0.3) is 0 Å². The van der Waals surface area contributed by atoms with Gasteiger partial charge >= 0.3 is 0 Å². The summed E-state index contributed by atoms with van der Waals surface area (Å²) in [5.41, 5.74) is 7.98. The fourth-order valence-corrected chi connectivity index (χ4v) is 2.77. The van der Waals surface area contributed by atoms with Crippen LogP contribution >= 0.6 is 11.8 Å². The summed E-state index contributed by atoms with van der Waals surface area (Å²) < 4.78 is 7.86. The van der Waals surface area contributed by atoms with Gasteiger partial charge in [0.2, 0.25) is 0 Å². The molecular weight excluding hydrogens is 256 g/mol. The van der Waals surface area contributed by atoms with E-state index in [0.29, 0.717) is 5.92 Å². The first kappa shape index (κ1) is 14.3. The molecule has 0 saturated carbocycles. The number of nitrogen functional groups attached to an aromatic ring is 1. The van der Waals surface area contributed by atoms with E-state index in [1.165, 1.54) is 15.8 Å². The predicted octanol–water partition coefficient (Wildman–Crippen LogP) is 3.62. The third-order valence-electron chi connectivity index (χ3n) is 3.02. The minimum Gasteiger partial charge on any atom is -0.399 e. The number of hydrogen-bond donors (Lipinski definition) is 1. The van der Waals surface area contributed by atoms with Crippen molar-refractivity contribution in [1.82, 2.24) is 4.57 Å². The molecule has 0 amide bonds. The van der Waals surface area contributed by atoms with Crippen molar-refractivity contribution in [3.63, 3.8) is 0 Å².